The monoisotopic (exact) mass is 265 g/mol. The zero-order valence-corrected chi connectivity index (χ0v) is 11.3. The van der Waals surface area contributed by atoms with E-state index < -0.39 is 13.3 Å². The van der Waals surface area contributed by atoms with Crippen LogP contribution in [-0.2, 0) is 0 Å². The van der Waals surface area contributed by atoms with Crippen LogP contribution in [0, 0.1) is 0 Å². The van der Waals surface area contributed by atoms with Crippen LogP contribution in [0.15, 0.2) is 24.3 Å². The predicted octanol–water partition coefficient (Wildman–Crippen LogP) is 0.904. The lowest BCUT2D eigenvalue weighted by Crippen LogP contribution is -2.36. The zero-order valence-electron chi connectivity index (χ0n) is 11.3. The molecule has 2 rings (SSSR count). The Balaban J connectivity index is 1.90. The molecule has 1 fully saturated rings. The number of halogens is 1. The number of alkyl halides is 1. The summed E-state index contributed by atoms with van der Waals surface area (Å²) < 4.78 is 12.9. The molecule has 0 aromatic heterocycles. The van der Waals surface area contributed by atoms with Crippen LogP contribution >= 0.6 is 0 Å². The highest BCUT2D eigenvalue weighted by Gasteiger charge is 2.22. The van der Waals surface area contributed by atoms with Crippen molar-refractivity contribution in [3.8, 4) is 0 Å². The third kappa shape index (κ3) is 4.03. The highest BCUT2D eigenvalue weighted by atomic mass is 19.1. The fraction of sp³-hybridized carbons (Fsp3) is 0.571. The molecule has 0 spiro atoms. The van der Waals surface area contributed by atoms with Gasteiger partial charge in [-0.1, -0.05) is 24.3 Å². The van der Waals surface area contributed by atoms with Crippen molar-refractivity contribution < 1.29 is 14.4 Å². The molecular weight excluding hydrogens is 244 g/mol. The Morgan fingerprint density at radius 1 is 1.26 bits per heavy atom. The van der Waals surface area contributed by atoms with Crippen LogP contribution < -0.4 is 5.46 Å². The van der Waals surface area contributed by atoms with Gasteiger partial charge in [0.15, 0.2) is 0 Å². The van der Waals surface area contributed by atoms with Gasteiger partial charge in [0, 0.05) is 6.54 Å². The van der Waals surface area contributed by atoms with Gasteiger partial charge in [0.05, 0.1) is 0 Å². The highest BCUT2D eigenvalue weighted by Crippen LogP contribution is 2.27. The first kappa shape index (κ1) is 14.5. The van der Waals surface area contributed by atoms with Gasteiger partial charge >= 0.3 is 7.12 Å². The summed E-state index contributed by atoms with van der Waals surface area (Å²) in [5.74, 6) is 0.496. The fourth-order valence-corrected chi connectivity index (χ4v) is 2.74. The Morgan fingerprint density at radius 2 is 1.84 bits per heavy atom. The lowest BCUT2D eigenvalue weighted by molar-refractivity contribution is 0.165. The van der Waals surface area contributed by atoms with Gasteiger partial charge in [0.1, 0.15) is 6.17 Å². The van der Waals surface area contributed by atoms with Gasteiger partial charge in [-0.15, -0.1) is 0 Å². The average Bonchev–Trinajstić information content (AvgIpc) is 2.39. The van der Waals surface area contributed by atoms with E-state index in [1.807, 2.05) is 12.1 Å². The topological polar surface area (TPSA) is 43.7 Å². The quantitative estimate of drug-likeness (QED) is 0.795. The van der Waals surface area contributed by atoms with Crippen LogP contribution in [0.4, 0.5) is 4.39 Å². The molecule has 0 saturated carbocycles. The van der Waals surface area contributed by atoms with E-state index in [-0.39, 0.29) is 0 Å². The van der Waals surface area contributed by atoms with Crippen LogP contribution in [0.25, 0.3) is 0 Å². The summed E-state index contributed by atoms with van der Waals surface area (Å²) in [6.45, 7) is 4.00. The van der Waals surface area contributed by atoms with E-state index in [2.05, 4.69) is 4.90 Å². The lowest BCUT2D eigenvalue weighted by Gasteiger charge is -2.32. The molecule has 1 aliphatic rings. The number of nitrogens with zero attached hydrogens (tertiary/aromatic N) is 1. The van der Waals surface area contributed by atoms with Crippen LogP contribution in [0.2, 0.25) is 0 Å². The Labute approximate surface area is 114 Å². The minimum atomic E-state index is -1.40. The first-order chi connectivity index (χ1) is 9.06. The Hall–Kier alpha value is -0.905. The molecule has 2 N–H and O–H groups in total. The van der Waals surface area contributed by atoms with E-state index in [9.17, 15) is 4.39 Å². The molecule has 19 heavy (non-hydrogen) atoms. The van der Waals surface area contributed by atoms with Crippen molar-refractivity contribution in [2.75, 3.05) is 19.6 Å². The number of hydrogen-bond donors (Lipinski definition) is 2. The number of rotatable bonds is 4. The summed E-state index contributed by atoms with van der Waals surface area (Å²) in [5, 5.41) is 18.1. The van der Waals surface area contributed by atoms with Crippen molar-refractivity contribution in [1.82, 2.24) is 4.90 Å². The molecule has 1 atom stereocenters. The third-order valence-electron chi connectivity index (χ3n) is 3.80. The van der Waals surface area contributed by atoms with Crippen LogP contribution in [0.5, 0.6) is 0 Å². The second kappa shape index (κ2) is 6.50. The van der Waals surface area contributed by atoms with Gasteiger partial charge in [0.2, 0.25) is 0 Å². The van der Waals surface area contributed by atoms with Crippen molar-refractivity contribution in [1.29, 1.82) is 0 Å². The first-order valence-electron chi connectivity index (χ1n) is 6.88. The maximum absolute atomic E-state index is 12.9. The largest absolute Gasteiger partial charge is 0.488 e. The molecule has 0 aliphatic carbocycles. The van der Waals surface area contributed by atoms with Gasteiger partial charge in [-0.3, -0.25) is 0 Å². The lowest BCUT2D eigenvalue weighted by atomic mass is 9.78. The Morgan fingerprint density at radius 3 is 2.32 bits per heavy atom. The minimum absolute atomic E-state index is 0.496. The van der Waals surface area contributed by atoms with Crippen molar-refractivity contribution in [3.05, 3.63) is 29.8 Å². The molecule has 1 aliphatic heterocycles. The molecular formula is C14H21BFNO2. The summed E-state index contributed by atoms with van der Waals surface area (Å²) in [7, 11) is -1.40. The van der Waals surface area contributed by atoms with Crippen molar-refractivity contribution in [2.24, 2.45) is 0 Å². The zero-order chi connectivity index (χ0) is 13.8. The van der Waals surface area contributed by atoms with Gasteiger partial charge in [0.25, 0.3) is 0 Å². The molecule has 1 aromatic carbocycles. The van der Waals surface area contributed by atoms with Gasteiger partial charge in [-0.05, 0) is 49.8 Å². The predicted molar refractivity (Wildman–Crippen MR) is 75.3 cm³/mol. The van der Waals surface area contributed by atoms with E-state index in [0.29, 0.717) is 17.9 Å². The Kier molecular flexibility index (Phi) is 4.96. The van der Waals surface area contributed by atoms with Gasteiger partial charge < -0.3 is 14.9 Å². The summed E-state index contributed by atoms with van der Waals surface area (Å²) in [4.78, 5) is 2.17. The smallest absolute Gasteiger partial charge is 0.423 e. The van der Waals surface area contributed by atoms with Gasteiger partial charge in [-0.2, -0.15) is 0 Å². The van der Waals surface area contributed by atoms with Crippen LogP contribution in [0.1, 0.15) is 31.2 Å². The second-order valence-electron chi connectivity index (χ2n) is 5.40. The highest BCUT2D eigenvalue weighted by molar-refractivity contribution is 6.58. The first-order valence-corrected chi connectivity index (χ1v) is 6.88. The molecule has 5 heteroatoms. The molecule has 3 nitrogen and oxygen atoms in total. The third-order valence-corrected chi connectivity index (χ3v) is 3.80. The van der Waals surface area contributed by atoms with E-state index in [1.54, 1.807) is 19.1 Å². The van der Waals surface area contributed by atoms with Crippen molar-refractivity contribution in [2.45, 2.75) is 31.9 Å². The van der Waals surface area contributed by atoms with E-state index in [1.165, 1.54) is 5.56 Å². The van der Waals surface area contributed by atoms with Gasteiger partial charge in [-0.25, -0.2) is 4.39 Å². The minimum Gasteiger partial charge on any atom is -0.423 e. The molecule has 0 amide bonds. The molecule has 104 valence electrons. The summed E-state index contributed by atoms with van der Waals surface area (Å²) in [5.41, 5.74) is 1.75. The van der Waals surface area contributed by atoms with Crippen LogP contribution in [0.3, 0.4) is 0 Å². The number of piperidine rings is 1. The SMILES string of the molecule is C[C@@H](F)CN1CCC(c2ccc(B(O)O)cc2)CC1. The molecule has 0 radical (unpaired) electrons. The standard InChI is InChI=1S/C14H21BFNO2/c1-11(16)10-17-8-6-13(7-9-17)12-2-4-14(5-3-12)15(18)19/h2-5,11,13,18-19H,6-10H2,1H3/t11-/m1/s1. The normalized spacial score (nSPS) is 19.4. The average molecular weight is 265 g/mol. The molecule has 0 bridgehead atoms. The van der Waals surface area contributed by atoms with Crippen molar-refractivity contribution >= 4 is 12.6 Å². The maximum Gasteiger partial charge on any atom is 0.488 e. The molecule has 0 unspecified atom stereocenters. The summed E-state index contributed by atoms with van der Waals surface area (Å²) in [6.07, 6.45) is 1.31. The van der Waals surface area contributed by atoms with Crippen LogP contribution in [-0.4, -0.2) is 47.9 Å². The molecule has 1 aromatic rings. The van der Waals surface area contributed by atoms with Crippen molar-refractivity contribution in [3.63, 3.8) is 0 Å². The number of likely N-dealkylation sites (tertiary alicyclic amines) is 1. The maximum atomic E-state index is 12.9. The molecule has 1 saturated heterocycles. The number of hydrogen-bond acceptors (Lipinski definition) is 3. The van der Waals surface area contributed by atoms with E-state index in [0.717, 1.165) is 25.9 Å². The Bertz CT molecular complexity index is 389. The van der Waals surface area contributed by atoms with E-state index >= 15 is 0 Å². The molecule has 1 heterocycles. The van der Waals surface area contributed by atoms with E-state index in [4.69, 9.17) is 10.0 Å². The summed E-state index contributed by atoms with van der Waals surface area (Å²) >= 11 is 0. The second-order valence-corrected chi connectivity index (χ2v) is 5.40. The summed E-state index contributed by atoms with van der Waals surface area (Å²) in [6, 6.07) is 7.45. The number of benzene rings is 1. The fourth-order valence-electron chi connectivity index (χ4n) is 2.74.